The maximum Gasteiger partial charge on any atom is 0.0595 e. The van der Waals surface area contributed by atoms with E-state index in [4.69, 9.17) is 23.2 Å². The van der Waals surface area contributed by atoms with Gasteiger partial charge in [-0.3, -0.25) is 0 Å². The Hall–Kier alpha value is 0.530. The van der Waals surface area contributed by atoms with E-state index in [1.165, 1.54) is 5.56 Å². The molecule has 0 spiro atoms. The van der Waals surface area contributed by atoms with Gasteiger partial charge in [0.15, 0.2) is 0 Å². The second-order valence-electron chi connectivity index (χ2n) is 3.10. The van der Waals surface area contributed by atoms with E-state index < -0.39 is 0 Å². The van der Waals surface area contributed by atoms with E-state index in [1.807, 2.05) is 18.2 Å². The monoisotopic (exact) mass is 314 g/mol. The van der Waals surface area contributed by atoms with Crippen molar-refractivity contribution in [3.63, 3.8) is 0 Å². The third-order valence-corrected chi connectivity index (χ3v) is 2.97. The Labute approximate surface area is 96.4 Å². The highest BCUT2D eigenvalue weighted by molar-refractivity contribution is 14.1. The van der Waals surface area contributed by atoms with Crippen LogP contribution >= 0.6 is 45.8 Å². The van der Waals surface area contributed by atoms with Crippen LogP contribution in [0.5, 0.6) is 0 Å². The summed E-state index contributed by atoms with van der Waals surface area (Å²) in [6.07, 6.45) is 0. The Morgan fingerprint density at radius 2 is 1.75 bits per heavy atom. The standard InChI is InChI=1S/C9H9Cl2I/c1-9(2,12)6-3-4-7(10)8(11)5-6/h3-5H,1-2H3. The van der Waals surface area contributed by atoms with Crippen molar-refractivity contribution in [2.45, 2.75) is 17.3 Å². The molecule has 0 radical (unpaired) electrons. The lowest BCUT2D eigenvalue weighted by atomic mass is 10.0. The van der Waals surface area contributed by atoms with Crippen molar-refractivity contribution in [3.05, 3.63) is 33.8 Å². The van der Waals surface area contributed by atoms with Gasteiger partial charge in [0.2, 0.25) is 0 Å². The van der Waals surface area contributed by atoms with Crippen LogP contribution in [0.4, 0.5) is 0 Å². The smallest absolute Gasteiger partial charge is 0.0595 e. The van der Waals surface area contributed by atoms with Crippen LogP contribution in [0, 0.1) is 0 Å². The van der Waals surface area contributed by atoms with Gasteiger partial charge in [0.05, 0.1) is 10.0 Å². The van der Waals surface area contributed by atoms with E-state index in [-0.39, 0.29) is 3.42 Å². The number of hydrogen-bond donors (Lipinski definition) is 0. The molecule has 0 atom stereocenters. The van der Waals surface area contributed by atoms with E-state index in [0.717, 1.165) is 0 Å². The average Bonchev–Trinajstić information content (AvgIpc) is 1.92. The summed E-state index contributed by atoms with van der Waals surface area (Å²) >= 11 is 14.1. The SMILES string of the molecule is CC(C)(I)c1ccc(Cl)c(Cl)c1. The predicted octanol–water partition coefficient (Wildman–Crippen LogP) is 4.66. The first kappa shape index (κ1) is 10.6. The van der Waals surface area contributed by atoms with Crippen molar-refractivity contribution in [1.29, 1.82) is 0 Å². The molecule has 1 rings (SSSR count). The Kier molecular flexibility index (Phi) is 3.29. The number of hydrogen-bond acceptors (Lipinski definition) is 0. The Bertz CT molecular complexity index is 289. The molecule has 3 heteroatoms. The van der Waals surface area contributed by atoms with Gasteiger partial charge in [0.25, 0.3) is 0 Å². The third kappa shape index (κ3) is 2.51. The number of rotatable bonds is 1. The Morgan fingerprint density at radius 1 is 1.17 bits per heavy atom. The molecule has 66 valence electrons. The minimum Gasteiger partial charge on any atom is -0.0827 e. The molecule has 0 aliphatic rings. The fourth-order valence-corrected chi connectivity index (χ4v) is 1.50. The van der Waals surface area contributed by atoms with Gasteiger partial charge in [-0.05, 0) is 31.5 Å². The molecular formula is C9H9Cl2I. The van der Waals surface area contributed by atoms with E-state index in [1.54, 1.807) is 0 Å². The Balaban J connectivity index is 3.14. The van der Waals surface area contributed by atoms with Crippen molar-refractivity contribution < 1.29 is 0 Å². The van der Waals surface area contributed by atoms with Crippen molar-refractivity contribution in [1.82, 2.24) is 0 Å². The Morgan fingerprint density at radius 3 is 2.17 bits per heavy atom. The molecule has 1 aromatic carbocycles. The molecule has 0 nitrogen and oxygen atoms in total. The molecule has 0 fully saturated rings. The van der Waals surface area contributed by atoms with Gasteiger partial charge < -0.3 is 0 Å². The molecule has 0 saturated carbocycles. The van der Waals surface area contributed by atoms with Gasteiger partial charge in [0, 0.05) is 3.42 Å². The minimum absolute atomic E-state index is 0.103. The zero-order valence-electron chi connectivity index (χ0n) is 6.87. The lowest BCUT2D eigenvalue weighted by molar-refractivity contribution is 0.827. The van der Waals surface area contributed by atoms with E-state index in [2.05, 4.69) is 36.4 Å². The number of benzene rings is 1. The lowest BCUT2D eigenvalue weighted by Crippen LogP contribution is -2.05. The van der Waals surface area contributed by atoms with Crippen LogP contribution in [0.1, 0.15) is 19.4 Å². The molecule has 0 aromatic heterocycles. The molecule has 1 aromatic rings. The number of halogens is 3. The summed E-state index contributed by atoms with van der Waals surface area (Å²) in [6, 6.07) is 5.75. The van der Waals surface area contributed by atoms with E-state index in [0.29, 0.717) is 10.0 Å². The summed E-state index contributed by atoms with van der Waals surface area (Å²) in [5.74, 6) is 0. The molecule has 0 saturated heterocycles. The highest BCUT2D eigenvalue weighted by Gasteiger charge is 2.16. The maximum atomic E-state index is 5.88. The van der Waals surface area contributed by atoms with Gasteiger partial charge >= 0.3 is 0 Å². The van der Waals surface area contributed by atoms with Crippen molar-refractivity contribution in [2.24, 2.45) is 0 Å². The molecule has 0 amide bonds. The van der Waals surface area contributed by atoms with Crippen LogP contribution in [0.25, 0.3) is 0 Å². The summed E-state index contributed by atoms with van der Waals surface area (Å²) in [7, 11) is 0. The maximum absolute atomic E-state index is 5.88. The predicted molar refractivity (Wildman–Crippen MR) is 63.5 cm³/mol. The summed E-state index contributed by atoms with van der Waals surface area (Å²) < 4.78 is 0.103. The average molecular weight is 315 g/mol. The molecule has 0 aliphatic heterocycles. The molecule has 0 bridgehead atoms. The first-order valence-electron chi connectivity index (χ1n) is 3.55. The van der Waals surface area contributed by atoms with E-state index in [9.17, 15) is 0 Å². The molecule has 0 aliphatic carbocycles. The van der Waals surface area contributed by atoms with Crippen LogP contribution in [0.3, 0.4) is 0 Å². The van der Waals surface area contributed by atoms with Gasteiger partial charge in [-0.15, -0.1) is 0 Å². The van der Waals surface area contributed by atoms with Gasteiger partial charge in [-0.2, -0.15) is 0 Å². The van der Waals surface area contributed by atoms with Crippen molar-refractivity contribution >= 4 is 45.8 Å². The largest absolute Gasteiger partial charge is 0.0827 e. The summed E-state index contributed by atoms with van der Waals surface area (Å²) in [4.78, 5) is 0. The van der Waals surface area contributed by atoms with Gasteiger partial charge in [-0.1, -0.05) is 51.9 Å². The molecule has 0 heterocycles. The summed E-state index contributed by atoms with van der Waals surface area (Å²) in [5.41, 5.74) is 1.19. The lowest BCUT2D eigenvalue weighted by Gasteiger charge is -2.17. The molecule has 0 unspecified atom stereocenters. The third-order valence-electron chi connectivity index (χ3n) is 1.61. The number of alkyl halides is 1. The summed E-state index contributed by atoms with van der Waals surface area (Å²) in [6.45, 7) is 4.26. The topological polar surface area (TPSA) is 0 Å². The van der Waals surface area contributed by atoms with Gasteiger partial charge in [0.1, 0.15) is 0 Å². The first-order chi connectivity index (χ1) is 5.41. The highest BCUT2D eigenvalue weighted by Crippen LogP contribution is 2.34. The van der Waals surface area contributed by atoms with Crippen molar-refractivity contribution in [3.8, 4) is 0 Å². The molecular weight excluding hydrogens is 306 g/mol. The molecule has 0 N–H and O–H groups in total. The molecule has 12 heavy (non-hydrogen) atoms. The van der Waals surface area contributed by atoms with E-state index >= 15 is 0 Å². The highest BCUT2D eigenvalue weighted by atomic mass is 127. The normalized spacial score (nSPS) is 11.8. The quantitative estimate of drug-likeness (QED) is 0.522. The summed E-state index contributed by atoms with van der Waals surface area (Å²) in [5, 5.41) is 1.24. The van der Waals surface area contributed by atoms with Crippen molar-refractivity contribution in [2.75, 3.05) is 0 Å². The van der Waals surface area contributed by atoms with Crippen LogP contribution in [0.15, 0.2) is 18.2 Å². The minimum atomic E-state index is 0.103. The fourth-order valence-electron chi connectivity index (χ4n) is 0.866. The zero-order valence-corrected chi connectivity index (χ0v) is 10.5. The second-order valence-corrected chi connectivity index (χ2v) is 6.61. The first-order valence-corrected chi connectivity index (χ1v) is 5.39. The zero-order chi connectivity index (χ0) is 9.35. The van der Waals surface area contributed by atoms with Gasteiger partial charge in [-0.25, -0.2) is 0 Å². The van der Waals surface area contributed by atoms with Crippen LogP contribution < -0.4 is 0 Å². The van der Waals surface area contributed by atoms with Crippen LogP contribution in [0.2, 0.25) is 10.0 Å². The van der Waals surface area contributed by atoms with Crippen LogP contribution in [-0.2, 0) is 3.42 Å². The second kappa shape index (κ2) is 3.72. The fraction of sp³-hybridized carbons (Fsp3) is 0.333. The van der Waals surface area contributed by atoms with Crippen LogP contribution in [-0.4, -0.2) is 0 Å².